The number of nitrogens with one attached hydrogen (secondary N) is 1. The molecule has 1 aromatic rings. The predicted octanol–water partition coefficient (Wildman–Crippen LogP) is 3.99. The van der Waals surface area contributed by atoms with Crippen molar-refractivity contribution in [1.82, 2.24) is 10.2 Å². The van der Waals surface area contributed by atoms with Crippen LogP contribution in [0, 0.1) is 0 Å². The fourth-order valence-electron chi connectivity index (χ4n) is 3.76. The normalized spacial score (nSPS) is 20.0. The minimum Gasteiger partial charge on any atom is -0.312 e. The highest BCUT2D eigenvalue weighted by molar-refractivity contribution is 5.20. The summed E-state index contributed by atoms with van der Waals surface area (Å²) in [4.78, 5) is 2.65. The second kappa shape index (κ2) is 7.80. The maximum Gasteiger partial charge on any atom is 0.0475 e. The van der Waals surface area contributed by atoms with Gasteiger partial charge in [0.15, 0.2) is 0 Å². The largest absolute Gasteiger partial charge is 0.312 e. The van der Waals surface area contributed by atoms with Gasteiger partial charge in [0.25, 0.3) is 0 Å². The topological polar surface area (TPSA) is 15.3 Å². The Kier molecular flexibility index (Phi) is 6.06. The first-order valence-electron chi connectivity index (χ1n) is 8.22. The lowest BCUT2D eigenvalue weighted by atomic mass is 9.90. The third-order valence-corrected chi connectivity index (χ3v) is 4.95. The molecule has 1 saturated carbocycles. The van der Waals surface area contributed by atoms with Crippen LogP contribution in [-0.4, -0.2) is 31.1 Å². The average Bonchev–Trinajstić information content (AvgIpc) is 2.53. The summed E-state index contributed by atoms with van der Waals surface area (Å²) in [5, 5.41) is 3.55. The van der Waals surface area contributed by atoms with Gasteiger partial charge in [-0.15, -0.1) is 0 Å². The summed E-state index contributed by atoms with van der Waals surface area (Å²) in [5.41, 5.74) is 1.41. The zero-order chi connectivity index (χ0) is 14.4. The van der Waals surface area contributed by atoms with E-state index < -0.39 is 0 Å². The molecule has 1 fully saturated rings. The van der Waals surface area contributed by atoms with E-state index in [0.717, 1.165) is 6.04 Å². The van der Waals surface area contributed by atoms with Crippen molar-refractivity contribution in [2.75, 3.05) is 14.1 Å². The van der Waals surface area contributed by atoms with Crippen molar-refractivity contribution in [2.24, 2.45) is 0 Å². The van der Waals surface area contributed by atoms with Crippen molar-refractivity contribution in [3.05, 3.63) is 35.9 Å². The molecule has 0 aromatic heterocycles. The predicted molar refractivity (Wildman–Crippen MR) is 87.0 cm³/mol. The molecule has 0 aliphatic heterocycles. The van der Waals surface area contributed by atoms with Crippen LogP contribution in [-0.2, 0) is 0 Å². The van der Waals surface area contributed by atoms with Crippen LogP contribution in [0.3, 0.4) is 0 Å². The third-order valence-electron chi connectivity index (χ3n) is 4.95. The minimum atomic E-state index is 0.424. The second-order valence-corrected chi connectivity index (χ2v) is 6.11. The molecular weight excluding hydrogens is 244 g/mol. The number of hydrogen-bond donors (Lipinski definition) is 1. The molecule has 0 spiro atoms. The van der Waals surface area contributed by atoms with Gasteiger partial charge < -0.3 is 5.32 Å². The summed E-state index contributed by atoms with van der Waals surface area (Å²) in [6, 6.07) is 12.7. The van der Waals surface area contributed by atoms with Gasteiger partial charge in [0.2, 0.25) is 0 Å². The summed E-state index contributed by atoms with van der Waals surface area (Å²) >= 11 is 0. The van der Waals surface area contributed by atoms with E-state index >= 15 is 0 Å². The van der Waals surface area contributed by atoms with E-state index in [1.807, 2.05) is 0 Å². The summed E-state index contributed by atoms with van der Waals surface area (Å²) in [7, 11) is 4.42. The highest BCUT2D eigenvalue weighted by Crippen LogP contribution is 2.29. The van der Waals surface area contributed by atoms with Gasteiger partial charge in [-0.2, -0.15) is 0 Å². The quantitative estimate of drug-likeness (QED) is 0.844. The average molecular weight is 274 g/mol. The summed E-state index contributed by atoms with van der Waals surface area (Å²) in [5.74, 6) is 0. The SMILES string of the molecule is CCC(C(NC)c1ccccc1)N(C)C1CCCCC1. The molecule has 2 atom stereocenters. The van der Waals surface area contributed by atoms with Gasteiger partial charge in [-0.25, -0.2) is 0 Å². The molecule has 1 aromatic carbocycles. The molecule has 0 amide bonds. The van der Waals surface area contributed by atoms with Crippen LogP contribution in [0.15, 0.2) is 30.3 Å². The number of hydrogen-bond acceptors (Lipinski definition) is 2. The Hall–Kier alpha value is -0.860. The van der Waals surface area contributed by atoms with Crippen molar-refractivity contribution in [2.45, 2.75) is 63.6 Å². The lowest BCUT2D eigenvalue weighted by Gasteiger charge is -2.40. The number of nitrogens with zero attached hydrogens (tertiary/aromatic N) is 1. The molecule has 0 radical (unpaired) electrons. The van der Waals surface area contributed by atoms with Gasteiger partial charge in [0, 0.05) is 18.1 Å². The summed E-state index contributed by atoms with van der Waals surface area (Å²) in [6.07, 6.45) is 8.17. The number of benzene rings is 1. The smallest absolute Gasteiger partial charge is 0.0475 e. The van der Waals surface area contributed by atoms with E-state index in [1.54, 1.807) is 0 Å². The number of rotatable bonds is 6. The molecule has 2 nitrogen and oxygen atoms in total. The zero-order valence-corrected chi connectivity index (χ0v) is 13.3. The molecule has 0 heterocycles. The zero-order valence-electron chi connectivity index (χ0n) is 13.3. The van der Waals surface area contributed by atoms with Crippen LogP contribution in [0.25, 0.3) is 0 Å². The van der Waals surface area contributed by atoms with Crippen molar-refractivity contribution in [1.29, 1.82) is 0 Å². The van der Waals surface area contributed by atoms with E-state index in [4.69, 9.17) is 0 Å². The Morgan fingerprint density at radius 1 is 1.15 bits per heavy atom. The van der Waals surface area contributed by atoms with Crippen molar-refractivity contribution < 1.29 is 0 Å². The molecule has 20 heavy (non-hydrogen) atoms. The molecular formula is C18H30N2. The highest BCUT2D eigenvalue weighted by atomic mass is 15.2. The van der Waals surface area contributed by atoms with Crippen LogP contribution in [0.2, 0.25) is 0 Å². The molecule has 2 unspecified atom stereocenters. The summed E-state index contributed by atoms with van der Waals surface area (Å²) in [6.45, 7) is 2.32. The minimum absolute atomic E-state index is 0.424. The Morgan fingerprint density at radius 3 is 2.35 bits per heavy atom. The van der Waals surface area contributed by atoms with Crippen LogP contribution < -0.4 is 5.32 Å². The fraction of sp³-hybridized carbons (Fsp3) is 0.667. The maximum absolute atomic E-state index is 3.55. The van der Waals surface area contributed by atoms with Gasteiger partial charge in [0.05, 0.1) is 0 Å². The standard InChI is InChI=1S/C18H30N2/c1-4-17(20(3)16-13-9-6-10-14-16)18(19-2)15-11-7-5-8-12-15/h5,7-8,11-12,16-19H,4,6,9-10,13-14H2,1-3H3. The molecule has 112 valence electrons. The van der Waals surface area contributed by atoms with Gasteiger partial charge in [0.1, 0.15) is 0 Å². The lowest BCUT2D eigenvalue weighted by Crippen LogP contribution is -2.47. The van der Waals surface area contributed by atoms with Gasteiger partial charge >= 0.3 is 0 Å². The van der Waals surface area contributed by atoms with Crippen molar-refractivity contribution in [3.63, 3.8) is 0 Å². The van der Waals surface area contributed by atoms with Crippen molar-refractivity contribution >= 4 is 0 Å². The van der Waals surface area contributed by atoms with Gasteiger partial charge in [-0.3, -0.25) is 4.90 Å². The van der Waals surface area contributed by atoms with E-state index in [2.05, 4.69) is 61.6 Å². The van der Waals surface area contributed by atoms with Crippen LogP contribution >= 0.6 is 0 Å². The van der Waals surface area contributed by atoms with Crippen molar-refractivity contribution in [3.8, 4) is 0 Å². The third kappa shape index (κ3) is 3.62. The molecule has 1 aliphatic rings. The highest BCUT2D eigenvalue weighted by Gasteiger charge is 2.29. The Morgan fingerprint density at radius 2 is 1.80 bits per heavy atom. The van der Waals surface area contributed by atoms with E-state index in [0.29, 0.717) is 12.1 Å². The van der Waals surface area contributed by atoms with Crippen LogP contribution in [0.5, 0.6) is 0 Å². The van der Waals surface area contributed by atoms with Crippen LogP contribution in [0.1, 0.15) is 57.1 Å². The first-order chi connectivity index (χ1) is 9.77. The first kappa shape index (κ1) is 15.5. The van der Waals surface area contributed by atoms with E-state index in [9.17, 15) is 0 Å². The van der Waals surface area contributed by atoms with Crippen LogP contribution in [0.4, 0.5) is 0 Å². The molecule has 0 bridgehead atoms. The first-order valence-corrected chi connectivity index (χ1v) is 8.22. The lowest BCUT2D eigenvalue weighted by molar-refractivity contribution is 0.109. The van der Waals surface area contributed by atoms with E-state index in [1.165, 1.54) is 44.1 Å². The fourth-order valence-corrected chi connectivity index (χ4v) is 3.76. The second-order valence-electron chi connectivity index (χ2n) is 6.11. The Bertz CT molecular complexity index is 370. The molecule has 2 rings (SSSR count). The molecule has 1 aliphatic carbocycles. The number of likely N-dealkylation sites (N-methyl/N-ethyl adjacent to an activating group) is 2. The Labute approximate surface area is 124 Å². The Balaban J connectivity index is 2.12. The molecule has 0 saturated heterocycles. The molecule has 2 heteroatoms. The molecule has 1 N–H and O–H groups in total. The maximum atomic E-state index is 3.55. The van der Waals surface area contributed by atoms with Gasteiger partial charge in [-0.1, -0.05) is 56.5 Å². The van der Waals surface area contributed by atoms with Gasteiger partial charge in [-0.05, 0) is 38.9 Å². The monoisotopic (exact) mass is 274 g/mol. The summed E-state index contributed by atoms with van der Waals surface area (Å²) < 4.78 is 0. The van der Waals surface area contributed by atoms with E-state index in [-0.39, 0.29) is 0 Å².